The lowest BCUT2D eigenvalue weighted by molar-refractivity contribution is 0.139. The first-order valence-corrected chi connectivity index (χ1v) is 5.48. The van der Waals surface area contributed by atoms with Crippen LogP contribution in [0.25, 0.3) is 0 Å². The Kier molecular flexibility index (Phi) is 7.07. The van der Waals surface area contributed by atoms with Crippen LogP contribution in [0.2, 0.25) is 0 Å². The minimum absolute atomic E-state index is 0.461. The van der Waals surface area contributed by atoms with Crippen LogP contribution in [0.5, 0.6) is 0 Å². The van der Waals surface area contributed by atoms with Crippen LogP contribution >= 0.6 is 0 Å². The van der Waals surface area contributed by atoms with Crippen molar-refractivity contribution >= 4 is 12.2 Å². The van der Waals surface area contributed by atoms with E-state index in [1.807, 2.05) is 0 Å². The Morgan fingerprint density at radius 1 is 0.875 bits per heavy atom. The molecule has 2 amide bonds. The van der Waals surface area contributed by atoms with Gasteiger partial charge in [-0.1, -0.05) is 0 Å². The quantitative estimate of drug-likeness (QED) is 0.655. The van der Waals surface area contributed by atoms with Gasteiger partial charge in [-0.2, -0.15) is 0 Å². The molecule has 0 saturated heterocycles. The highest BCUT2D eigenvalue weighted by molar-refractivity contribution is 5.65. The van der Waals surface area contributed by atoms with Gasteiger partial charge in [0.25, 0.3) is 0 Å². The van der Waals surface area contributed by atoms with E-state index < -0.39 is 12.2 Å². The summed E-state index contributed by atoms with van der Waals surface area (Å²) in [4.78, 5) is 23.9. The third kappa shape index (κ3) is 5.43. The third-order valence-corrected chi connectivity index (χ3v) is 2.41. The summed E-state index contributed by atoms with van der Waals surface area (Å²) >= 11 is 0. The number of hydrogen-bond acceptors (Lipinski definition) is 2. The van der Waals surface area contributed by atoms with Crippen LogP contribution in [-0.4, -0.2) is 58.4 Å². The molecule has 0 spiro atoms. The first kappa shape index (κ1) is 14.5. The van der Waals surface area contributed by atoms with Crippen molar-refractivity contribution in [3.8, 4) is 0 Å². The monoisotopic (exact) mass is 232 g/mol. The van der Waals surface area contributed by atoms with Gasteiger partial charge in [0.15, 0.2) is 0 Å². The topological polar surface area (TPSA) is 81.1 Å². The molecule has 0 aliphatic heterocycles. The van der Waals surface area contributed by atoms with Crippen molar-refractivity contribution in [3.05, 3.63) is 0 Å². The van der Waals surface area contributed by atoms with E-state index >= 15 is 0 Å². The van der Waals surface area contributed by atoms with Crippen molar-refractivity contribution in [2.75, 3.05) is 26.2 Å². The predicted molar refractivity (Wildman–Crippen MR) is 59.8 cm³/mol. The van der Waals surface area contributed by atoms with E-state index in [1.54, 1.807) is 13.8 Å². The second kappa shape index (κ2) is 7.78. The fourth-order valence-electron chi connectivity index (χ4n) is 1.38. The number of rotatable bonds is 7. The van der Waals surface area contributed by atoms with Crippen LogP contribution in [-0.2, 0) is 0 Å². The molecule has 2 N–H and O–H groups in total. The first-order chi connectivity index (χ1) is 7.52. The molecule has 94 valence electrons. The molecule has 0 aromatic rings. The van der Waals surface area contributed by atoms with Crippen molar-refractivity contribution in [2.24, 2.45) is 0 Å². The van der Waals surface area contributed by atoms with Crippen molar-refractivity contribution in [2.45, 2.75) is 26.7 Å². The van der Waals surface area contributed by atoms with E-state index in [1.165, 1.54) is 9.80 Å². The molecule has 0 bridgehead atoms. The fraction of sp³-hybridized carbons (Fsp3) is 0.800. The summed E-state index contributed by atoms with van der Waals surface area (Å²) in [6.45, 7) is 5.41. The highest BCUT2D eigenvalue weighted by Gasteiger charge is 2.10. The zero-order chi connectivity index (χ0) is 12.6. The van der Waals surface area contributed by atoms with Gasteiger partial charge in [0.1, 0.15) is 0 Å². The van der Waals surface area contributed by atoms with Gasteiger partial charge in [-0.05, 0) is 26.7 Å². The molecule has 0 heterocycles. The summed E-state index contributed by atoms with van der Waals surface area (Å²) < 4.78 is 0. The molecule has 0 radical (unpaired) electrons. The SMILES string of the molecule is CCN(CCCCN(CC)C(=O)O)C(=O)O. The average Bonchev–Trinajstić information content (AvgIpc) is 2.22. The molecular weight excluding hydrogens is 212 g/mol. The van der Waals surface area contributed by atoms with Crippen LogP contribution in [0.3, 0.4) is 0 Å². The Morgan fingerprint density at radius 3 is 1.38 bits per heavy atom. The Bertz CT molecular complexity index is 209. The van der Waals surface area contributed by atoms with Gasteiger partial charge >= 0.3 is 12.2 Å². The Labute approximate surface area is 95.5 Å². The summed E-state index contributed by atoms with van der Waals surface area (Å²) in [5, 5.41) is 17.5. The molecular formula is C10H20N2O4. The van der Waals surface area contributed by atoms with Gasteiger partial charge in [-0.15, -0.1) is 0 Å². The molecule has 0 unspecified atom stereocenters. The highest BCUT2D eigenvalue weighted by Crippen LogP contribution is 1.99. The number of carbonyl (C=O) groups is 2. The molecule has 0 rings (SSSR count). The van der Waals surface area contributed by atoms with E-state index in [2.05, 4.69) is 0 Å². The van der Waals surface area contributed by atoms with Crippen molar-refractivity contribution < 1.29 is 19.8 Å². The lowest BCUT2D eigenvalue weighted by Crippen LogP contribution is -2.32. The van der Waals surface area contributed by atoms with Crippen LogP contribution in [0, 0.1) is 0 Å². The standard InChI is InChI=1S/C10H20N2O4/c1-3-11(9(13)14)7-5-6-8-12(4-2)10(15)16/h3-8H2,1-2H3,(H,13,14)(H,15,16). The zero-order valence-corrected chi connectivity index (χ0v) is 9.85. The Hall–Kier alpha value is -1.46. The molecule has 6 nitrogen and oxygen atoms in total. The molecule has 0 aliphatic carbocycles. The Balaban J connectivity index is 3.73. The Morgan fingerprint density at radius 2 is 1.19 bits per heavy atom. The fourth-order valence-corrected chi connectivity index (χ4v) is 1.38. The van der Waals surface area contributed by atoms with Gasteiger partial charge in [0, 0.05) is 26.2 Å². The number of nitrogens with zero attached hydrogens (tertiary/aromatic N) is 2. The van der Waals surface area contributed by atoms with Crippen LogP contribution in [0.15, 0.2) is 0 Å². The summed E-state index contributed by atoms with van der Waals surface area (Å²) in [5.41, 5.74) is 0. The summed E-state index contributed by atoms with van der Waals surface area (Å²) in [6, 6.07) is 0. The molecule has 0 aromatic heterocycles. The normalized spacial score (nSPS) is 9.88. The number of unbranched alkanes of at least 4 members (excludes halogenated alkanes) is 1. The van der Waals surface area contributed by atoms with E-state index in [0.717, 1.165) is 0 Å². The number of carboxylic acid groups (broad SMARTS) is 2. The van der Waals surface area contributed by atoms with E-state index in [4.69, 9.17) is 10.2 Å². The second-order valence-electron chi connectivity index (χ2n) is 3.43. The first-order valence-electron chi connectivity index (χ1n) is 5.48. The van der Waals surface area contributed by atoms with Crippen molar-refractivity contribution in [1.29, 1.82) is 0 Å². The molecule has 0 atom stereocenters. The third-order valence-electron chi connectivity index (χ3n) is 2.41. The molecule has 0 fully saturated rings. The number of amides is 2. The molecule has 0 saturated carbocycles. The van der Waals surface area contributed by atoms with Crippen LogP contribution in [0.4, 0.5) is 9.59 Å². The lowest BCUT2D eigenvalue weighted by Gasteiger charge is -2.19. The smallest absolute Gasteiger partial charge is 0.407 e. The van der Waals surface area contributed by atoms with Crippen LogP contribution in [0.1, 0.15) is 26.7 Å². The van der Waals surface area contributed by atoms with Crippen molar-refractivity contribution in [1.82, 2.24) is 9.80 Å². The zero-order valence-electron chi connectivity index (χ0n) is 9.85. The lowest BCUT2D eigenvalue weighted by atomic mass is 10.3. The van der Waals surface area contributed by atoms with E-state index in [-0.39, 0.29) is 0 Å². The van der Waals surface area contributed by atoms with Gasteiger partial charge in [-0.3, -0.25) is 0 Å². The second-order valence-corrected chi connectivity index (χ2v) is 3.43. The maximum absolute atomic E-state index is 10.6. The maximum Gasteiger partial charge on any atom is 0.407 e. The van der Waals surface area contributed by atoms with Gasteiger partial charge in [0.2, 0.25) is 0 Å². The largest absolute Gasteiger partial charge is 0.465 e. The van der Waals surface area contributed by atoms with E-state index in [0.29, 0.717) is 39.0 Å². The summed E-state index contributed by atoms with van der Waals surface area (Å²) in [6.07, 6.45) is -0.477. The molecule has 0 aliphatic rings. The molecule has 6 heteroatoms. The van der Waals surface area contributed by atoms with Gasteiger partial charge < -0.3 is 20.0 Å². The number of hydrogen-bond donors (Lipinski definition) is 2. The van der Waals surface area contributed by atoms with E-state index in [9.17, 15) is 9.59 Å². The highest BCUT2D eigenvalue weighted by atomic mass is 16.4. The minimum atomic E-state index is -0.923. The molecule has 16 heavy (non-hydrogen) atoms. The van der Waals surface area contributed by atoms with Crippen LogP contribution < -0.4 is 0 Å². The van der Waals surface area contributed by atoms with Crippen molar-refractivity contribution in [3.63, 3.8) is 0 Å². The van der Waals surface area contributed by atoms with Gasteiger partial charge in [0.05, 0.1) is 0 Å². The van der Waals surface area contributed by atoms with Gasteiger partial charge in [-0.25, -0.2) is 9.59 Å². The maximum atomic E-state index is 10.6. The molecule has 0 aromatic carbocycles. The predicted octanol–water partition coefficient (Wildman–Crippen LogP) is 1.77. The minimum Gasteiger partial charge on any atom is -0.465 e. The summed E-state index contributed by atoms with van der Waals surface area (Å²) in [7, 11) is 0. The average molecular weight is 232 g/mol. The summed E-state index contributed by atoms with van der Waals surface area (Å²) in [5.74, 6) is 0.